The zero-order chi connectivity index (χ0) is 17.9. The van der Waals surface area contributed by atoms with Crippen LogP contribution in [0.2, 0.25) is 0 Å². The van der Waals surface area contributed by atoms with Gasteiger partial charge in [-0.05, 0) is 35.6 Å². The zero-order valence-corrected chi connectivity index (χ0v) is 14.4. The molecular weight excluding hydrogens is 326 g/mol. The number of nitrogens with one attached hydrogen (secondary N) is 2. The van der Waals surface area contributed by atoms with Crippen LogP contribution in [0.1, 0.15) is 22.3 Å². The highest BCUT2D eigenvalue weighted by atomic mass is 16.2. The molecule has 0 spiro atoms. The number of para-hydroxylation sites is 1. The van der Waals surface area contributed by atoms with Crippen LogP contribution in [0.3, 0.4) is 0 Å². The highest BCUT2D eigenvalue weighted by molar-refractivity contribution is 6.00. The molecule has 1 aliphatic rings. The Balaban J connectivity index is 1.30. The van der Waals surface area contributed by atoms with E-state index >= 15 is 0 Å². The predicted octanol–water partition coefficient (Wildman–Crippen LogP) is 2.50. The van der Waals surface area contributed by atoms with Crippen molar-refractivity contribution in [1.29, 1.82) is 0 Å². The van der Waals surface area contributed by atoms with Crippen LogP contribution in [-0.2, 0) is 17.8 Å². The molecule has 2 N–H and O–H groups in total. The lowest BCUT2D eigenvalue weighted by Crippen LogP contribution is -2.51. The number of hydrogen-bond acceptors (Lipinski definition) is 2. The summed E-state index contributed by atoms with van der Waals surface area (Å²) in [4.78, 5) is 24.5. The fraction of sp³-hybridized carbons (Fsp3) is 0.238. The largest absolute Gasteiger partial charge is 0.354 e. The summed E-state index contributed by atoms with van der Waals surface area (Å²) in [6.45, 7) is 1.42. The standard InChI is InChI=1S/C21H21N3O2/c25-20-17-8-3-1-7-16(17)14-18(23-20)21(26)22-11-5-12-24-13-10-15-6-2-4-9-19(15)24/h1-4,6-10,13,18H,5,11-12,14H2,(H,22,26)(H,23,25)/t18-/m1/s1. The van der Waals surface area contributed by atoms with Gasteiger partial charge in [0.25, 0.3) is 5.91 Å². The van der Waals surface area contributed by atoms with Crippen LogP contribution < -0.4 is 10.6 Å². The Morgan fingerprint density at radius 2 is 1.92 bits per heavy atom. The van der Waals surface area contributed by atoms with Crippen molar-refractivity contribution in [3.05, 3.63) is 71.9 Å². The number of benzene rings is 2. The van der Waals surface area contributed by atoms with Gasteiger partial charge in [-0.1, -0.05) is 36.4 Å². The molecule has 1 atom stereocenters. The minimum absolute atomic E-state index is 0.120. The van der Waals surface area contributed by atoms with Crippen LogP contribution in [0.25, 0.3) is 10.9 Å². The van der Waals surface area contributed by atoms with Crippen molar-refractivity contribution in [2.45, 2.75) is 25.4 Å². The summed E-state index contributed by atoms with van der Waals surface area (Å²) in [7, 11) is 0. The molecule has 3 aromatic rings. The number of amides is 2. The Morgan fingerprint density at radius 3 is 2.85 bits per heavy atom. The van der Waals surface area contributed by atoms with E-state index in [2.05, 4.69) is 39.6 Å². The number of carbonyl (C=O) groups is 2. The number of aryl methyl sites for hydroxylation is 1. The quantitative estimate of drug-likeness (QED) is 0.697. The number of nitrogens with zero attached hydrogens (tertiary/aromatic N) is 1. The van der Waals surface area contributed by atoms with Crippen molar-refractivity contribution in [3.8, 4) is 0 Å². The molecule has 1 aromatic heterocycles. The molecule has 0 saturated carbocycles. The first-order chi connectivity index (χ1) is 12.7. The van der Waals surface area contributed by atoms with Gasteiger partial charge in [0.2, 0.25) is 5.91 Å². The Bertz CT molecular complexity index is 961. The van der Waals surface area contributed by atoms with Gasteiger partial charge in [-0.2, -0.15) is 0 Å². The highest BCUT2D eigenvalue weighted by Gasteiger charge is 2.28. The second-order valence-electron chi connectivity index (χ2n) is 6.60. The van der Waals surface area contributed by atoms with Gasteiger partial charge in [0, 0.05) is 36.8 Å². The van der Waals surface area contributed by atoms with Crippen LogP contribution in [-0.4, -0.2) is 29.0 Å². The number of carbonyl (C=O) groups excluding carboxylic acids is 2. The fourth-order valence-corrected chi connectivity index (χ4v) is 3.50. The molecule has 1 aliphatic heterocycles. The van der Waals surface area contributed by atoms with E-state index in [4.69, 9.17) is 0 Å². The first-order valence-electron chi connectivity index (χ1n) is 8.93. The first-order valence-corrected chi connectivity index (χ1v) is 8.93. The lowest BCUT2D eigenvalue weighted by molar-refractivity contribution is -0.123. The molecule has 0 fully saturated rings. The van der Waals surface area contributed by atoms with Gasteiger partial charge in [0.15, 0.2) is 0 Å². The number of rotatable bonds is 5. The zero-order valence-electron chi connectivity index (χ0n) is 14.4. The SMILES string of the molecule is O=C1N[C@@H](C(=O)NCCCn2ccc3ccccc32)Cc2ccccc21. The van der Waals surface area contributed by atoms with Crippen molar-refractivity contribution in [1.82, 2.24) is 15.2 Å². The summed E-state index contributed by atoms with van der Waals surface area (Å²) >= 11 is 0. The topological polar surface area (TPSA) is 63.1 Å². The molecule has 4 rings (SSSR count). The maximum absolute atomic E-state index is 12.4. The lowest BCUT2D eigenvalue weighted by Gasteiger charge is -2.24. The van der Waals surface area contributed by atoms with Crippen LogP contribution in [0.5, 0.6) is 0 Å². The maximum atomic E-state index is 12.4. The molecule has 0 bridgehead atoms. The van der Waals surface area contributed by atoms with Crippen molar-refractivity contribution < 1.29 is 9.59 Å². The van der Waals surface area contributed by atoms with E-state index in [1.54, 1.807) is 6.07 Å². The first kappa shape index (κ1) is 16.4. The molecule has 5 nitrogen and oxygen atoms in total. The summed E-state index contributed by atoms with van der Waals surface area (Å²) in [6, 6.07) is 17.3. The highest BCUT2D eigenvalue weighted by Crippen LogP contribution is 2.17. The van der Waals surface area contributed by atoms with E-state index in [0.29, 0.717) is 18.5 Å². The van der Waals surface area contributed by atoms with Crippen molar-refractivity contribution in [3.63, 3.8) is 0 Å². The average Bonchev–Trinajstić information content (AvgIpc) is 3.08. The lowest BCUT2D eigenvalue weighted by atomic mass is 9.95. The summed E-state index contributed by atoms with van der Waals surface area (Å²) in [5.41, 5.74) is 2.79. The third-order valence-electron chi connectivity index (χ3n) is 4.86. The second-order valence-corrected chi connectivity index (χ2v) is 6.60. The molecule has 2 amide bonds. The van der Waals surface area contributed by atoms with E-state index in [9.17, 15) is 9.59 Å². The molecule has 5 heteroatoms. The van der Waals surface area contributed by atoms with Crippen LogP contribution >= 0.6 is 0 Å². The third-order valence-corrected chi connectivity index (χ3v) is 4.86. The Labute approximate surface area is 152 Å². The Morgan fingerprint density at radius 1 is 1.12 bits per heavy atom. The summed E-state index contributed by atoms with van der Waals surface area (Å²) in [5.74, 6) is -0.295. The van der Waals surface area contributed by atoms with E-state index in [0.717, 1.165) is 18.5 Å². The van der Waals surface area contributed by atoms with E-state index in [1.807, 2.05) is 30.3 Å². The number of hydrogen-bond donors (Lipinski definition) is 2. The molecule has 0 unspecified atom stereocenters. The van der Waals surface area contributed by atoms with Gasteiger partial charge in [-0.15, -0.1) is 0 Å². The molecule has 26 heavy (non-hydrogen) atoms. The van der Waals surface area contributed by atoms with Crippen LogP contribution in [0.4, 0.5) is 0 Å². The molecule has 0 radical (unpaired) electrons. The summed E-state index contributed by atoms with van der Waals surface area (Å²) < 4.78 is 2.19. The summed E-state index contributed by atoms with van der Waals surface area (Å²) in [5, 5.41) is 6.96. The van der Waals surface area contributed by atoms with Gasteiger partial charge < -0.3 is 15.2 Å². The van der Waals surface area contributed by atoms with E-state index in [1.165, 1.54) is 10.9 Å². The molecule has 0 saturated heterocycles. The van der Waals surface area contributed by atoms with Crippen molar-refractivity contribution in [2.75, 3.05) is 6.54 Å². The number of fused-ring (bicyclic) bond motifs is 2. The van der Waals surface area contributed by atoms with Crippen molar-refractivity contribution >= 4 is 22.7 Å². The van der Waals surface area contributed by atoms with Gasteiger partial charge in [-0.25, -0.2) is 0 Å². The normalized spacial score (nSPS) is 16.2. The molecule has 2 aromatic carbocycles. The van der Waals surface area contributed by atoms with Gasteiger partial charge in [0.05, 0.1) is 0 Å². The minimum Gasteiger partial charge on any atom is -0.354 e. The summed E-state index contributed by atoms with van der Waals surface area (Å²) in [6.07, 6.45) is 3.45. The monoisotopic (exact) mass is 347 g/mol. The molecular formula is C21H21N3O2. The molecule has 2 heterocycles. The van der Waals surface area contributed by atoms with E-state index < -0.39 is 6.04 Å². The van der Waals surface area contributed by atoms with Gasteiger partial charge >= 0.3 is 0 Å². The third kappa shape index (κ3) is 3.20. The minimum atomic E-state index is -0.496. The molecule has 0 aliphatic carbocycles. The number of aromatic nitrogens is 1. The van der Waals surface area contributed by atoms with Crippen LogP contribution in [0.15, 0.2) is 60.8 Å². The average molecular weight is 347 g/mol. The smallest absolute Gasteiger partial charge is 0.252 e. The van der Waals surface area contributed by atoms with E-state index in [-0.39, 0.29) is 11.8 Å². The molecule has 132 valence electrons. The predicted molar refractivity (Wildman–Crippen MR) is 101 cm³/mol. The maximum Gasteiger partial charge on any atom is 0.252 e. The Kier molecular flexibility index (Phi) is 4.44. The van der Waals surface area contributed by atoms with Gasteiger partial charge in [-0.3, -0.25) is 9.59 Å². The second kappa shape index (κ2) is 7.04. The van der Waals surface area contributed by atoms with Gasteiger partial charge in [0.1, 0.15) is 6.04 Å². The Hall–Kier alpha value is -3.08. The van der Waals surface area contributed by atoms with Crippen LogP contribution in [0, 0.1) is 0 Å². The fourth-order valence-electron chi connectivity index (χ4n) is 3.50. The van der Waals surface area contributed by atoms with Crippen molar-refractivity contribution in [2.24, 2.45) is 0 Å².